The molecule has 17 heavy (non-hydrogen) atoms. The van der Waals surface area contributed by atoms with Crippen molar-refractivity contribution in [1.82, 2.24) is 0 Å². The Kier molecular flexibility index (Phi) is 3.07. The number of benzene rings is 2. The van der Waals surface area contributed by atoms with Gasteiger partial charge in [0.15, 0.2) is 0 Å². The third kappa shape index (κ3) is 2.43. The van der Waals surface area contributed by atoms with Crippen LogP contribution in [0.15, 0.2) is 55.1 Å². The summed E-state index contributed by atoms with van der Waals surface area (Å²) < 4.78 is 0. The van der Waals surface area contributed by atoms with Gasteiger partial charge in [0.2, 0.25) is 0 Å². The molecule has 0 aliphatic carbocycles. The standard InChI is InChI=1S/C16H13N/c1-12(2)14-6-8-15(9-7-14)16-5-3-4-13(10-16)11-17/h3-10H,1H2,2H3. The molecule has 2 rings (SSSR count). The molecule has 0 saturated carbocycles. The van der Waals surface area contributed by atoms with E-state index in [9.17, 15) is 0 Å². The zero-order valence-corrected chi connectivity index (χ0v) is 9.77. The van der Waals surface area contributed by atoms with Crippen LogP contribution in [-0.4, -0.2) is 0 Å². The fourth-order valence-corrected chi connectivity index (χ4v) is 1.72. The van der Waals surface area contributed by atoms with Crippen LogP contribution in [-0.2, 0) is 0 Å². The zero-order valence-electron chi connectivity index (χ0n) is 9.77. The highest BCUT2D eigenvalue weighted by Gasteiger charge is 1.99. The largest absolute Gasteiger partial charge is 0.192 e. The van der Waals surface area contributed by atoms with E-state index in [1.165, 1.54) is 0 Å². The summed E-state index contributed by atoms with van der Waals surface area (Å²) in [5.74, 6) is 0. The van der Waals surface area contributed by atoms with Crippen molar-refractivity contribution < 1.29 is 0 Å². The first kappa shape index (κ1) is 11.2. The van der Waals surface area contributed by atoms with Gasteiger partial charge in [-0.2, -0.15) is 5.26 Å². The van der Waals surface area contributed by atoms with Crippen molar-refractivity contribution in [2.45, 2.75) is 6.92 Å². The van der Waals surface area contributed by atoms with Crippen molar-refractivity contribution in [3.8, 4) is 17.2 Å². The van der Waals surface area contributed by atoms with Crippen LogP contribution in [0.5, 0.6) is 0 Å². The second-order valence-corrected chi connectivity index (χ2v) is 4.05. The minimum absolute atomic E-state index is 0.687. The molecule has 0 fully saturated rings. The predicted molar refractivity (Wildman–Crippen MR) is 71.3 cm³/mol. The van der Waals surface area contributed by atoms with Crippen LogP contribution >= 0.6 is 0 Å². The van der Waals surface area contributed by atoms with Crippen molar-refractivity contribution in [3.05, 3.63) is 66.2 Å². The molecule has 2 aromatic rings. The van der Waals surface area contributed by atoms with Crippen LogP contribution in [0.3, 0.4) is 0 Å². The Morgan fingerprint density at radius 2 is 1.76 bits per heavy atom. The fraction of sp³-hybridized carbons (Fsp3) is 0.0625. The predicted octanol–water partition coefficient (Wildman–Crippen LogP) is 4.26. The number of allylic oxidation sites excluding steroid dienone is 1. The highest BCUT2D eigenvalue weighted by molar-refractivity contribution is 5.69. The van der Waals surface area contributed by atoms with Gasteiger partial charge in [0.1, 0.15) is 0 Å². The Labute approximate surface area is 102 Å². The Hall–Kier alpha value is -2.33. The van der Waals surface area contributed by atoms with Gasteiger partial charge < -0.3 is 0 Å². The van der Waals surface area contributed by atoms with Crippen molar-refractivity contribution in [2.24, 2.45) is 0 Å². The summed E-state index contributed by atoms with van der Waals surface area (Å²) >= 11 is 0. The molecular formula is C16H13N. The summed E-state index contributed by atoms with van der Waals surface area (Å²) in [6, 6.07) is 18.0. The molecule has 0 aliphatic rings. The lowest BCUT2D eigenvalue weighted by Crippen LogP contribution is -1.82. The second kappa shape index (κ2) is 4.67. The smallest absolute Gasteiger partial charge is 0.0991 e. The van der Waals surface area contributed by atoms with Gasteiger partial charge in [-0.3, -0.25) is 0 Å². The molecule has 0 radical (unpaired) electrons. The van der Waals surface area contributed by atoms with Gasteiger partial charge in [-0.25, -0.2) is 0 Å². The third-order valence-electron chi connectivity index (χ3n) is 2.70. The average Bonchev–Trinajstić information content (AvgIpc) is 2.39. The summed E-state index contributed by atoms with van der Waals surface area (Å²) in [7, 11) is 0. The number of nitriles is 1. The van der Waals surface area contributed by atoms with Crippen LogP contribution in [0, 0.1) is 11.3 Å². The molecule has 0 aromatic heterocycles. The van der Waals surface area contributed by atoms with Crippen LogP contribution in [0.25, 0.3) is 16.7 Å². The van der Waals surface area contributed by atoms with Crippen molar-refractivity contribution in [2.75, 3.05) is 0 Å². The minimum atomic E-state index is 0.687. The normalized spacial score (nSPS) is 9.65. The van der Waals surface area contributed by atoms with Crippen molar-refractivity contribution in [1.29, 1.82) is 5.26 Å². The van der Waals surface area contributed by atoms with E-state index in [-0.39, 0.29) is 0 Å². The van der Waals surface area contributed by atoms with Crippen LogP contribution < -0.4 is 0 Å². The molecule has 0 unspecified atom stereocenters. The Morgan fingerprint density at radius 3 is 2.35 bits per heavy atom. The third-order valence-corrected chi connectivity index (χ3v) is 2.70. The molecule has 0 bridgehead atoms. The maximum Gasteiger partial charge on any atom is 0.0991 e. The quantitative estimate of drug-likeness (QED) is 0.740. The summed E-state index contributed by atoms with van der Waals surface area (Å²) in [6.07, 6.45) is 0. The lowest BCUT2D eigenvalue weighted by molar-refractivity contribution is 1.48. The molecule has 0 amide bonds. The first-order chi connectivity index (χ1) is 8.20. The van der Waals surface area contributed by atoms with Crippen molar-refractivity contribution >= 4 is 5.57 Å². The Bertz CT molecular complexity index is 586. The molecule has 0 heterocycles. The molecule has 0 atom stereocenters. The number of nitrogens with zero attached hydrogens (tertiary/aromatic N) is 1. The monoisotopic (exact) mass is 219 g/mol. The summed E-state index contributed by atoms with van der Waals surface area (Å²) in [5.41, 5.74) is 5.07. The van der Waals surface area contributed by atoms with Crippen LogP contribution in [0.1, 0.15) is 18.1 Å². The molecule has 2 aromatic carbocycles. The molecule has 0 saturated heterocycles. The average molecular weight is 219 g/mol. The van der Waals surface area contributed by atoms with E-state index >= 15 is 0 Å². The summed E-state index contributed by atoms with van der Waals surface area (Å²) in [4.78, 5) is 0. The van der Waals surface area contributed by atoms with Gasteiger partial charge in [-0.05, 0) is 35.7 Å². The second-order valence-electron chi connectivity index (χ2n) is 4.05. The van der Waals surface area contributed by atoms with Crippen LogP contribution in [0.2, 0.25) is 0 Å². The maximum absolute atomic E-state index is 8.86. The van der Waals surface area contributed by atoms with Gasteiger partial charge in [-0.15, -0.1) is 0 Å². The van der Waals surface area contributed by atoms with Gasteiger partial charge in [0, 0.05) is 0 Å². The highest BCUT2D eigenvalue weighted by atomic mass is 14.2. The summed E-state index contributed by atoms with van der Waals surface area (Å²) in [6.45, 7) is 5.90. The van der Waals surface area contributed by atoms with E-state index in [1.807, 2.05) is 31.2 Å². The van der Waals surface area contributed by atoms with E-state index in [4.69, 9.17) is 5.26 Å². The van der Waals surface area contributed by atoms with E-state index < -0.39 is 0 Å². The van der Waals surface area contributed by atoms with Gasteiger partial charge in [0.25, 0.3) is 0 Å². The topological polar surface area (TPSA) is 23.8 Å². The molecule has 0 aliphatic heterocycles. The first-order valence-electron chi connectivity index (χ1n) is 5.47. The fourth-order valence-electron chi connectivity index (χ4n) is 1.72. The van der Waals surface area contributed by atoms with E-state index in [1.54, 1.807) is 0 Å². The van der Waals surface area contributed by atoms with E-state index in [0.717, 1.165) is 22.3 Å². The number of hydrogen-bond acceptors (Lipinski definition) is 1. The first-order valence-corrected chi connectivity index (χ1v) is 5.47. The van der Waals surface area contributed by atoms with E-state index in [0.29, 0.717) is 5.56 Å². The molecule has 82 valence electrons. The molecular weight excluding hydrogens is 206 g/mol. The SMILES string of the molecule is C=C(C)c1ccc(-c2cccc(C#N)c2)cc1. The van der Waals surface area contributed by atoms with Gasteiger partial charge >= 0.3 is 0 Å². The molecule has 1 nitrogen and oxygen atoms in total. The van der Waals surface area contributed by atoms with Crippen LogP contribution in [0.4, 0.5) is 0 Å². The Balaban J connectivity index is 2.40. The zero-order chi connectivity index (χ0) is 12.3. The highest BCUT2D eigenvalue weighted by Crippen LogP contribution is 2.22. The molecule has 1 heteroatoms. The van der Waals surface area contributed by atoms with Crippen molar-refractivity contribution in [3.63, 3.8) is 0 Å². The maximum atomic E-state index is 8.86. The Morgan fingerprint density at radius 1 is 1.06 bits per heavy atom. The number of hydrogen-bond donors (Lipinski definition) is 0. The molecule has 0 N–H and O–H groups in total. The van der Waals surface area contributed by atoms with Gasteiger partial charge in [0.05, 0.1) is 11.6 Å². The molecule has 0 spiro atoms. The van der Waals surface area contributed by atoms with E-state index in [2.05, 4.69) is 36.9 Å². The summed E-state index contributed by atoms with van der Waals surface area (Å²) in [5, 5.41) is 8.86. The number of rotatable bonds is 2. The lowest BCUT2D eigenvalue weighted by Gasteiger charge is -2.04. The minimum Gasteiger partial charge on any atom is -0.192 e. The lowest BCUT2D eigenvalue weighted by atomic mass is 10.0. The van der Waals surface area contributed by atoms with Gasteiger partial charge in [-0.1, -0.05) is 48.6 Å².